The van der Waals surface area contributed by atoms with E-state index in [0.29, 0.717) is 24.8 Å². The van der Waals surface area contributed by atoms with Crippen LogP contribution in [-0.2, 0) is 13.1 Å². The van der Waals surface area contributed by atoms with E-state index >= 15 is 0 Å². The summed E-state index contributed by atoms with van der Waals surface area (Å²) in [6, 6.07) is 0. The Balaban J connectivity index is 2.55. The van der Waals surface area contributed by atoms with Crippen molar-refractivity contribution in [3.63, 3.8) is 0 Å². The lowest BCUT2D eigenvalue weighted by molar-refractivity contribution is 0.282. The van der Waals surface area contributed by atoms with Crippen molar-refractivity contribution >= 4 is 0 Å². The molecule has 1 rings (SSSR count). The number of rotatable bonds is 7. The lowest BCUT2D eigenvalue weighted by Gasteiger charge is -2.31. The minimum atomic E-state index is 0.184. The summed E-state index contributed by atoms with van der Waals surface area (Å²) in [6.07, 6.45) is 3.30. The molecule has 0 aliphatic carbocycles. The van der Waals surface area contributed by atoms with Crippen molar-refractivity contribution in [3.8, 4) is 0 Å². The molecule has 1 heterocycles. The van der Waals surface area contributed by atoms with E-state index < -0.39 is 0 Å². The SMILES string of the molecule is CCC(CC)(CC)NCc1noc(CN)n1. The molecule has 0 radical (unpaired) electrons. The molecular formula is C11H22N4O. The number of nitrogens with two attached hydrogens (primary N) is 1. The number of nitrogens with zero attached hydrogens (tertiary/aromatic N) is 2. The van der Waals surface area contributed by atoms with Crippen LogP contribution in [0.15, 0.2) is 4.52 Å². The first kappa shape index (κ1) is 13.1. The number of hydrogen-bond acceptors (Lipinski definition) is 5. The van der Waals surface area contributed by atoms with Crippen LogP contribution in [0, 0.1) is 0 Å². The highest BCUT2D eigenvalue weighted by Crippen LogP contribution is 2.19. The zero-order chi connectivity index (χ0) is 12.0. The molecule has 0 fully saturated rings. The summed E-state index contributed by atoms with van der Waals surface area (Å²) >= 11 is 0. The minimum absolute atomic E-state index is 0.184. The van der Waals surface area contributed by atoms with Crippen LogP contribution in [0.4, 0.5) is 0 Å². The molecule has 0 aromatic carbocycles. The molecule has 5 heteroatoms. The lowest BCUT2D eigenvalue weighted by atomic mass is 9.90. The van der Waals surface area contributed by atoms with Crippen molar-refractivity contribution in [2.24, 2.45) is 5.73 Å². The summed E-state index contributed by atoms with van der Waals surface area (Å²) < 4.78 is 4.95. The smallest absolute Gasteiger partial charge is 0.240 e. The van der Waals surface area contributed by atoms with Gasteiger partial charge in [-0.1, -0.05) is 25.9 Å². The molecule has 0 saturated carbocycles. The zero-order valence-electron chi connectivity index (χ0n) is 10.4. The summed E-state index contributed by atoms with van der Waals surface area (Å²) in [5.41, 5.74) is 5.59. The first-order chi connectivity index (χ1) is 7.69. The van der Waals surface area contributed by atoms with Gasteiger partial charge < -0.3 is 15.6 Å². The van der Waals surface area contributed by atoms with Crippen LogP contribution >= 0.6 is 0 Å². The molecule has 1 aromatic rings. The highest BCUT2D eigenvalue weighted by atomic mass is 16.5. The molecule has 0 spiro atoms. The van der Waals surface area contributed by atoms with Crippen molar-refractivity contribution < 1.29 is 4.52 Å². The fraction of sp³-hybridized carbons (Fsp3) is 0.818. The van der Waals surface area contributed by atoms with Crippen molar-refractivity contribution in [2.75, 3.05) is 0 Å². The van der Waals surface area contributed by atoms with Gasteiger partial charge in [0.2, 0.25) is 5.89 Å². The topological polar surface area (TPSA) is 77.0 Å². The largest absolute Gasteiger partial charge is 0.338 e. The van der Waals surface area contributed by atoms with Gasteiger partial charge in [-0.05, 0) is 19.3 Å². The van der Waals surface area contributed by atoms with Gasteiger partial charge in [0.1, 0.15) is 0 Å². The molecular weight excluding hydrogens is 204 g/mol. The number of aromatic nitrogens is 2. The van der Waals surface area contributed by atoms with E-state index in [-0.39, 0.29) is 5.54 Å². The molecule has 3 N–H and O–H groups in total. The van der Waals surface area contributed by atoms with Crippen LogP contribution in [0.2, 0.25) is 0 Å². The maximum absolute atomic E-state index is 5.41. The Morgan fingerprint density at radius 2 is 1.88 bits per heavy atom. The normalized spacial score (nSPS) is 12.0. The molecule has 0 saturated heterocycles. The Bertz CT molecular complexity index is 298. The maximum atomic E-state index is 5.41. The molecule has 16 heavy (non-hydrogen) atoms. The standard InChI is InChI=1S/C11H22N4O/c1-4-11(5-2,6-3)13-8-9-14-10(7-12)16-15-9/h13H,4-8,12H2,1-3H3. The maximum Gasteiger partial charge on any atom is 0.240 e. The first-order valence-electron chi connectivity index (χ1n) is 5.96. The Morgan fingerprint density at radius 3 is 2.31 bits per heavy atom. The van der Waals surface area contributed by atoms with E-state index in [1.165, 1.54) is 0 Å². The molecule has 0 amide bonds. The van der Waals surface area contributed by atoms with Crippen LogP contribution in [0.3, 0.4) is 0 Å². The second-order valence-electron chi connectivity index (χ2n) is 4.00. The van der Waals surface area contributed by atoms with Gasteiger partial charge in [-0.3, -0.25) is 0 Å². The van der Waals surface area contributed by atoms with Gasteiger partial charge in [0.05, 0.1) is 13.1 Å². The zero-order valence-corrected chi connectivity index (χ0v) is 10.4. The Kier molecular flexibility index (Phi) is 4.89. The quantitative estimate of drug-likeness (QED) is 0.738. The molecule has 1 aromatic heterocycles. The lowest BCUT2D eigenvalue weighted by Crippen LogP contribution is -2.43. The van der Waals surface area contributed by atoms with Crippen molar-refractivity contribution in [2.45, 2.75) is 58.7 Å². The fourth-order valence-electron chi connectivity index (χ4n) is 1.84. The van der Waals surface area contributed by atoms with Gasteiger partial charge in [-0.2, -0.15) is 4.98 Å². The van der Waals surface area contributed by atoms with Gasteiger partial charge in [0.25, 0.3) is 0 Å². The molecule has 0 unspecified atom stereocenters. The van der Waals surface area contributed by atoms with Gasteiger partial charge >= 0.3 is 0 Å². The predicted molar refractivity (Wildman–Crippen MR) is 62.6 cm³/mol. The van der Waals surface area contributed by atoms with Crippen LogP contribution < -0.4 is 11.1 Å². The van der Waals surface area contributed by atoms with E-state index in [1.54, 1.807) is 0 Å². The molecule has 92 valence electrons. The van der Waals surface area contributed by atoms with Crippen molar-refractivity contribution in [1.29, 1.82) is 0 Å². The van der Waals surface area contributed by atoms with E-state index in [9.17, 15) is 0 Å². The molecule has 0 bridgehead atoms. The average molecular weight is 226 g/mol. The second kappa shape index (κ2) is 5.96. The fourth-order valence-corrected chi connectivity index (χ4v) is 1.84. The Morgan fingerprint density at radius 1 is 1.25 bits per heavy atom. The number of hydrogen-bond donors (Lipinski definition) is 2. The number of nitrogens with one attached hydrogen (secondary N) is 1. The first-order valence-corrected chi connectivity index (χ1v) is 5.96. The monoisotopic (exact) mass is 226 g/mol. The summed E-state index contributed by atoms with van der Waals surface area (Å²) in [4.78, 5) is 4.17. The van der Waals surface area contributed by atoms with Crippen LogP contribution in [0.25, 0.3) is 0 Å². The van der Waals surface area contributed by atoms with Crippen molar-refractivity contribution in [1.82, 2.24) is 15.5 Å². The Hall–Kier alpha value is -0.940. The third-order valence-electron chi connectivity index (χ3n) is 3.34. The van der Waals surface area contributed by atoms with Crippen LogP contribution in [0.5, 0.6) is 0 Å². The summed E-state index contributed by atoms with van der Waals surface area (Å²) in [6.45, 7) is 7.52. The van der Waals surface area contributed by atoms with E-state index in [4.69, 9.17) is 10.3 Å². The molecule has 0 atom stereocenters. The predicted octanol–water partition coefficient (Wildman–Crippen LogP) is 1.59. The van der Waals surface area contributed by atoms with Crippen LogP contribution in [-0.4, -0.2) is 15.7 Å². The van der Waals surface area contributed by atoms with E-state index in [1.807, 2.05) is 0 Å². The summed E-state index contributed by atoms with van der Waals surface area (Å²) in [5, 5.41) is 7.37. The molecule has 0 aliphatic heterocycles. The van der Waals surface area contributed by atoms with Gasteiger partial charge in [-0.15, -0.1) is 0 Å². The average Bonchev–Trinajstić information content (AvgIpc) is 2.80. The Labute approximate surface area is 96.8 Å². The summed E-state index contributed by atoms with van der Waals surface area (Å²) in [7, 11) is 0. The molecule has 5 nitrogen and oxygen atoms in total. The highest BCUT2D eigenvalue weighted by molar-refractivity contribution is 4.90. The summed E-state index contributed by atoms with van der Waals surface area (Å²) in [5.74, 6) is 1.17. The van der Waals surface area contributed by atoms with Gasteiger partial charge in [-0.25, -0.2) is 0 Å². The minimum Gasteiger partial charge on any atom is -0.338 e. The third kappa shape index (κ3) is 3.02. The van der Waals surface area contributed by atoms with Crippen molar-refractivity contribution in [3.05, 3.63) is 11.7 Å². The third-order valence-corrected chi connectivity index (χ3v) is 3.34. The van der Waals surface area contributed by atoms with Gasteiger partial charge in [0.15, 0.2) is 5.82 Å². The highest BCUT2D eigenvalue weighted by Gasteiger charge is 2.23. The van der Waals surface area contributed by atoms with E-state index in [0.717, 1.165) is 19.3 Å². The molecule has 0 aliphatic rings. The van der Waals surface area contributed by atoms with Crippen LogP contribution in [0.1, 0.15) is 51.7 Å². The van der Waals surface area contributed by atoms with Gasteiger partial charge in [0, 0.05) is 5.54 Å². The second-order valence-corrected chi connectivity index (χ2v) is 4.00. The van der Waals surface area contributed by atoms with E-state index in [2.05, 4.69) is 36.2 Å².